The smallest absolute Gasteiger partial charge is 0.416 e. The monoisotopic (exact) mass is 292 g/mol. The number of nitrogens with zero attached hydrogens (tertiary/aromatic N) is 2. The quantitative estimate of drug-likeness (QED) is 0.369. The van der Waals surface area contributed by atoms with E-state index in [4.69, 9.17) is 9.57 Å². The number of benzene rings is 1. The first kappa shape index (κ1) is 15.7. The van der Waals surface area contributed by atoms with Gasteiger partial charge in [-0.05, 0) is 24.2 Å². The Kier molecular flexibility index (Phi) is 4.89. The first-order valence-corrected chi connectivity index (χ1v) is 5.45. The van der Waals surface area contributed by atoms with Crippen molar-refractivity contribution in [3.8, 4) is 5.75 Å². The van der Waals surface area contributed by atoms with E-state index in [0.29, 0.717) is 18.7 Å². The Bertz CT molecular complexity index is 529. The number of rotatable bonds is 4. The van der Waals surface area contributed by atoms with Crippen LogP contribution in [0.3, 0.4) is 0 Å². The molecule has 0 N–H and O–H groups in total. The minimum Gasteiger partial charge on any atom is -0.479 e. The average molecular weight is 292 g/mol. The zero-order valence-corrected chi connectivity index (χ0v) is 10.6. The second kappa shape index (κ2) is 6.22. The molecule has 0 unspecified atom stereocenters. The zero-order chi connectivity index (χ0) is 15.3. The maximum atomic E-state index is 12.5. The second-order valence-corrected chi connectivity index (χ2v) is 3.57. The standard InChI is InChI=1S/C11H11F3N2O4/c1-3-19-7(2)15-20-10-5-4-8(11(12,13)14)6-9(10)16(17)18/h4-6H,3H2,1-2H3/b15-7-. The van der Waals surface area contributed by atoms with Crippen molar-refractivity contribution in [2.75, 3.05) is 6.61 Å². The second-order valence-electron chi connectivity index (χ2n) is 3.57. The maximum Gasteiger partial charge on any atom is 0.416 e. The number of hydrogen-bond acceptors (Lipinski definition) is 5. The van der Waals surface area contributed by atoms with Gasteiger partial charge in [-0.25, -0.2) is 0 Å². The van der Waals surface area contributed by atoms with Gasteiger partial charge in [-0.15, -0.1) is 0 Å². The molecular formula is C11H11F3N2O4. The molecular weight excluding hydrogens is 281 g/mol. The minimum absolute atomic E-state index is 0.0988. The van der Waals surface area contributed by atoms with Crippen molar-refractivity contribution in [1.82, 2.24) is 0 Å². The van der Waals surface area contributed by atoms with Gasteiger partial charge in [-0.2, -0.15) is 13.2 Å². The molecule has 0 aliphatic heterocycles. The first-order valence-electron chi connectivity index (χ1n) is 5.45. The van der Waals surface area contributed by atoms with Crippen molar-refractivity contribution in [3.05, 3.63) is 33.9 Å². The largest absolute Gasteiger partial charge is 0.479 e. The lowest BCUT2D eigenvalue weighted by Crippen LogP contribution is -2.06. The van der Waals surface area contributed by atoms with Crippen LogP contribution in [0.1, 0.15) is 19.4 Å². The number of oxime groups is 1. The highest BCUT2D eigenvalue weighted by Crippen LogP contribution is 2.36. The predicted octanol–water partition coefficient (Wildman–Crippen LogP) is 3.36. The molecule has 0 radical (unpaired) electrons. The number of halogens is 3. The van der Waals surface area contributed by atoms with Gasteiger partial charge >= 0.3 is 11.9 Å². The van der Waals surface area contributed by atoms with Crippen molar-refractivity contribution in [2.45, 2.75) is 20.0 Å². The molecule has 0 spiro atoms. The molecule has 110 valence electrons. The number of alkyl halides is 3. The molecule has 0 aliphatic rings. The number of nitro benzene ring substituents is 1. The molecule has 0 atom stereocenters. The van der Waals surface area contributed by atoms with Crippen LogP contribution < -0.4 is 4.84 Å². The Morgan fingerprint density at radius 2 is 2.10 bits per heavy atom. The van der Waals surface area contributed by atoms with Gasteiger partial charge in [-0.1, -0.05) is 0 Å². The van der Waals surface area contributed by atoms with Gasteiger partial charge in [0.2, 0.25) is 11.6 Å². The molecule has 1 rings (SSSR count). The summed E-state index contributed by atoms with van der Waals surface area (Å²) in [4.78, 5) is 14.5. The van der Waals surface area contributed by atoms with Gasteiger partial charge in [0.15, 0.2) is 0 Å². The molecule has 0 fully saturated rings. The summed E-state index contributed by atoms with van der Waals surface area (Å²) in [6, 6.07) is 1.90. The summed E-state index contributed by atoms with van der Waals surface area (Å²) in [6.07, 6.45) is -4.67. The van der Waals surface area contributed by atoms with Gasteiger partial charge < -0.3 is 9.57 Å². The molecule has 0 aliphatic carbocycles. The molecule has 0 saturated heterocycles. The highest BCUT2D eigenvalue weighted by Gasteiger charge is 2.33. The summed E-state index contributed by atoms with van der Waals surface area (Å²) in [5, 5.41) is 14.2. The van der Waals surface area contributed by atoms with Crippen LogP contribution in [0, 0.1) is 10.1 Å². The zero-order valence-electron chi connectivity index (χ0n) is 10.6. The summed E-state index contributed by atoms with van der Waals surface area (Å²) in [7, 11) is 0. The van der Waals surface area contributed by atoms with Crippen molar-refractivity contribution in [2.24, 2.45) is 5.16 Å². The molecule has 6 nitrogen and oxygen atoms in total. The SMILES string of the molecule is CCO/C(C)=N\Oc1ccc(C(F)(F)F)cc1[N+](=O)[O-]. The van der Waals surface area contributed by atoms with Gasteiger partial charge in [0.05, 0.1) is 17.1 Å². The molecule has 1 aromatic carbocycles. The third-order valence-corrected chi connectivity index (χ3v) is 2.11. The third-order valence-electron chi connectivity index (χ3n) is 2.11. The molecule has 0 saturated carbocycles. The van der Waals surface area contributed by atoms with E-state index >= 15 is 0 Å². The first-order chi connectivity index (χ1) is 9.25. The van der Waals surface area contributed by atoms with E-state index in [1.807, 2.05) is 0 Å². The van der Waals surface area contributed by atoms with E-state index in [1.165, 1.54) is 6.92 Å². The predicted molar refractivity (Wildman–Crippen MR) is 63.5 cm³/mol. The van der Waals surface area contributed by atoms with E-state index in [1.54, 1.807) is 6.92 Å². The van der Waals surface area contributed by atoms with Crippen molar-refractivity contribution < 1.29 is 27.7 Å². The number of hydrogen-bond donors (Lipinski definition) is 0. The van der Waals surface area contributed by atoms with E-state index < -0.39 is 28.1 Å². The number of ether oxygens (including phenoxy) is 1. The average Bonchev–Trinajstić information content (AvgIpc) is 2.35. The van der Waals surface area contributed by atoms with Gasteiger partial charge in [-0.3, -0.25) is 10.1 Å². The van der Waals surface area contributed by atoms with Crippen molar-refractivity contribution >= 4 is 11.6 Å². The Balaban J connectivity index is 3.09. The van der Waals surface area contributed by atoms with Crippen molar-refractivity contribution in [1.29, 1.82) is 0 Å². The van der Waals surface area contributed by atoms with Crippen LogP contribution in [0.4, 0.5) is 18.9 Å². The highest BCUT2D eigenvalue weighted by molar-refractivity contribution is 5.72. The van der Waals surface area contributed by atoms with E-state index in [-0.39, 0.29) is 5.90 Å². The summed E-state index contributed by atoms with van der Waals surface area (Å²) >= 11 is 0. The fourth-order valence-electron chi connectivity index (χ4n) is 1.26. The van der Waals surface area contributed by atoms with Crippen LogP contribution in [0.15, 0.2) is 23.4 Å². The summed E-state index contributed by atoms with van der Waals surface area (Å²) in [5.41, 5.74) is -1.96. The van der Waals surface area contributed by atoms with Crippen molar-refractivity contribution in [3.63, 3.8) is 0 Å². The van der Waals surface area contributed by atoms with Crippen LogP contribution in [-0.4, -0.2) is 17.4 Å². The summed E-state index contributed by atoms with van der Waals surface area (Å²) in [5.74, 6) is -0.302. The highest BCUT2D eigenvalue weighted by atomic mass is 19.4. The Labute approximate surface area is 111 Å². The number of nitro groups is 1. The van der Waals surface area contributed by atoms with Gasteiger partial charge in [0, 0.05) is 13.0 Å². The fraction of sp³-hybridized carbons (Fsp3) is 0.364. The maximum absolute atomic E-state index is 12.5. The topological polar surface area (TPSA) is 74.0 Å². The lowest BCUT2D eigenvalue weighted by atomic mass is 10.2. The summed E-state index contributed by atoms with van der Waals surface area (Å²) in [6.45, 7) is 3.45. The molecule has 20 heavy (non-hydrogen) atoms. The lowest BCUT2D eigenvalue weighted by Gasteiger charge is -2.08. The summed E-state index contributed by atoms with van der Waals surface area (Å²) < 4.78 is 42.3. The van der Waals surface area contributed by atoms with E-state index in [0.717, 1.165) is 6.07 Å². The van der Waals surface area contributed by atoms with Crippen LogP contribution in [0.25, 0.3) is 0 Å². The molecule has 0 amide bonds. The lowest BCUT2D eigenvalue weighted by molar-refractivity contribution is -0.386. The fourth-order valence-corrected chi connectivity index (χ4v) is 1.26. The van der Waals surface area contributed by atoms with Crippen LogP contribution >= 0.6 is 0 Å². The van der Waals surface area contributed by atoms with Crippen LogP contribution in [0.5, 0.6) is 5.75 Å². The Morgan fingerprint density at radius 1 is 1.45 bits per heavy atom. The van der Waals surface area contributed by atoms with Gasteiger partial charge in [0.1, 0.15) is 0 Å². The molecule has 9 heteroatoms. The minimum atomic E-state index is -4.67. The van der Waals surface area contributed by atoms with E-state index in [9.17, 15) is 23.3 Å². The Hall–Kier alpha value is -2.32. The van der Waals surface area contributed by atoms with Crippen LogP contribution in [-0.2, 0) is 10.9 Å². The molecule has 0 aromatic heterocycles. The molecule has 0 bridgehead atoms. The molecule has 1 aromatic rings. The third kappa shape index (κ3) is 4.11. The van der Waals surface area contributed by atoms with Crippen LogP contribution in [0.2, 0.25) is 0 Å². The Morgan fingerprint density at radius 3 is 2.60 bits per heavy atom. The van der Waals surface area contributed by atoms with Gasteiger partial charge in [0.25, 0.3) is 0 Å². The molecule has 0 heterocycles. The normalized spacial score (nSPS) is 12.2. The van der Waals surface area contributed by atoms with E-state index in [2.05, 4.69) is 5.16 Å².